The highest BCUT2D eigenvalue weighted by molar-refractivity contribution is 7.03. The van der Waals surface area contributed by atoms with Crippen LogP contribution in [0.25, 0.3) is 89.0 Å². The topological polar surface area (TPSA) is 19.0 Å². The predicted octanol–water partition coefficient (Wildman–Crippen LogP) is 22.8. The molecule has 0 spiro atoms. The van der Waals surface area contributed by atoms with Gasteiger partial charge < -0.3 is 19.4 Å². The lowest BCUT2D eigenvalue weighted by Gasteiger charge is -2.48. The third-order valence-electron chi connectivity index (χ3n) is 22.3. The van der Waals surface area contributed by atoms with Gasteiger partial charge in [-0.2, -0.15) is 0 Å². The molecule has 20 rings (SSSR count). The molecule has 498 valence electrons. The minimum atomic E-state index is -0.393. The molecule has 0 N–H and O–H groups in total. The maximum Gasteiger partial charge on any atom is 0.256 e. The largest absolute Gasteiger partial charge is 0.459 e. The van der Waals surface area contributed by atoms with E-state index in [1.165, 1.54) is 22.0 Å². The van der Waals surface area contributed by atoms with E-state index in [0.717, 1.165) is 168 Å². The van der Waals surface area contributed by atoms with E-state index in [2.05, 4.69) is 412 Å². The minimum absolute atomic E-state index is 0.303. The van der Waals surface area contributed by atoms with Gasteiger partial charge in [-0.15, -0.1) is 0 Å². The average Bonchev–Trinajstić information content (AvgIpc) is 0.672. The van der Waals surface area contributed by atoms with Gasteiger partial charge in [0.25, 0.3) is 13.4 Å². The van der Waals surface area contributed by atoms with Crippen LogP contribution in [0, 0.1) is 0 Å². The van der Waals surface area contributed by atoms with Crippen molar-refractivity contribution in [3.05, 3.63) is 382 Å². The van der Waals surface area contributed by atoms with Crippen LogP contribution in [-0.4, -0.2) is 13.4 Å². The Balaban J connectivity index is 0.982. The molecule has 4 aliphatic rings. The lowest BCUT2D eigenvalue weighted by molar-refractivity contribution is 0.491. The lowest BCUT2D eigenvalue weighted by atomic mass is 9.30. The third kappa shape index (κ3) is 10.3. The summed E-state index contributed by atoms with van der Waals surface area (Å²) >= 11 is 0. The SMILES string of the molecule is CC(C)(C)c1cc2c3c(c1)N(c1c(-c4ccccc4)cccc1-c1ccccc1)c1cc(-c4ccccc4)ccc1B3c1c(cc3c4c1Oc1cc(-c5ccccc5)ccc1B4c1cc(-c4ccccc4)ccc1N3c1c(-c3ccccc3)cccc1-c1ccccc1)N2c1ccccc1-c1ccccc1. The van der Waals surface area contributed by atoms with E-state index in [1.807, 2.05) is 0 Å². The van der Waals surface area contributed by atoms with E-state index < -0.39 is 6.71 Å². The van der Waals surface area contributed by atoms with Crippen LogP contribution < -0.4 is 52.2 Å². The molecule has 6 heteroatoms. The molecule has 0 aromatic heterocycles. The summed E-state index contributed by atoms with van der Waals surface area (Å²) < 4.78 is 8.42. The fraction of sp³-hybridized carbons (Fsp3) is 0.0400. The fourth-order valence-corrected chi connectivity index (χ4v) is 17.4. The summed E-state index contributed by atoms with van der Waals surface area (Å²) in [5.41, 5.74) is 35.6. The second-order valence-corrected chi connectivity index (χ2v) is 29.4. The molecule has 0 saturated carbocycles. The molecule has 0 aliphatic carbocycles. The Bertz CT molecular complexity index is 5970. The molecule has 4 heterocycles. The normalized spacial score (nSPS) is 12.8. The zero-order chi connectivity index (χ0) is 70.6. The van der Waals surface area contributed by atoms with Crippen molar-refractivity contribution in [3.8, 4) is 101 Å². The van der Waals surface area contributed by atoms with Crippen molar-refractivity contribution < 1.29 is 4.74 Å². The zero-order valence-corrected chi connectivity index (χ0v) is 59.2. The van der Waals surface area contributed by atoms with Gasteiger partial charge in [-0.1, -0.05) is 354 Å². The Morgan fingerprint density at radius 1 is 0.226 bits per heavy atom. The second-order valence-electron chi connectivity index (χ2n) is 29.4. The highest BCUT2D eigenvalue weighted by atomic mass is 16.5. The predicted molar refractivity (Wildman–Crippen MR) is 449 cm³/mol. The molecule has 0 atom stereocenters. The molecule has 0 unspecified atom stereocenters. The minimum Gasteiger partial charge on any atom is -0.459 e. The van der Waals surface area contributed by atoms with Gasteiger partial charge in [0, 0.05) is 61.9 Å². The van der Waals surface area contributed by atoms with Crippen LogP contribution >= 0.6 is 0 Å². The molecule has 0 bridgehead atoms. The Kier molecular flexibility index (Phi) is 15.0. The molecule has 0 saturated heterocycles. The van der Waals surface area contributed by atoms with Crippen molar-refractivity contribution in [3.63, 3.8) is 0 Å². The van der Waals surface area contributed by atoms with Crippen molar-refractivity contribution in [2.24, 2.45) is 0 Å². The van der Waals surface area contributed by atoms with Crippen molar-refractivity contribution in [2.45, 2.75) is 26.2 Å². The van der Waals surface area contributed by atoms with Gasteiger partial charge >= 0.3 is 0 Å². The van der Waals surface area contributed by atoms with Crippen LogP contribution in [0.4, 0.5) is 51.2 Å². The van der Waals surface area contributed by atoms with E-state index in [9.17, 15) is 0 Å². The Hall–Kier alpha value is -13.2. The monoisotopic (exact) mass is 1350 g/mol. The molecule has 16 aromatic carbocycles. The first kappa shape index (κ1) is 62.6. The fourth-order valence-electron chi connectivity index (χ4n) is 17.4. The molecule has 4 aliphatic heterocycles. The number of hydrogen-bond acceptors (Lipinski definition) is 4. The summed E-state index contributed by atoms with van der Waals surface area (Å²) in [6, 6.07) is 140. The number of rotatable bonds is 11. The van der Waals surface area contributed by atoms with Crippen LogP contribution in [0.5, 0.6) is 11.5 Å². The van der Waals surface area contributed by atoms with E-state index >= 15 is 0 Å². The summed E-state index contributed by atoms with van der Waals surface area (Å²) in [6.07, 6.45) is 0. The first-order valence-corrected chi connectivity index (χ1v) is 36.9. The number of fused-ring (bicyclic) bond motifs is 9. The molecular formula is C100H71B2N3O. The summed E-state index contributed by atoms with van der Waals surface area (Å²) in [5, 5.41) is 0. The van der Waals surface area contributed by atoms with Crippen LogP contribution in [0.1, 0.15) is 26.3 Å². The molecule has 4 nitrogen and oxygen atoms in total. The van der Waals surface area contributed by atoms with Crippen LogP contribution in [0.3, 0.4) is 0 Å². The summed E-state index contributed by atoms with van der Waals surface area (Å²) in [4.78, 5) is 7.97. The van der Waals surface area contributed by atoms with Crippen LogP contribution in [-0.2, 0) is 5.41 Å². The number of benzene rings is 16. The summed E-state index contributed by atoms with van der Waals surface area (Å²) in [7, 11) is 0. The van der Waals surface area contributed by atoms with Gasteiger partial charge in [-0.05, 0) is 147 Å². The van der Waals surface area contributed by atoms with Crippen LogP contribution in [0.2, 0.25) is 0 Å². The van der Waals surface area contributed by atoms with E-state index in [1.54, 1.807) is 0 Å². The van der Waals surface area contributed by atoms with Crippen molar-refractivity contribution in [2.75, 3.05) is 14.7 Å². The summed E-state index contributed by atoms with van der Waals surface area (Å²) in [5.74, 6) is 1.70. The Morgan fingerprint density at radius 3 is 1.07 bits per heavy atom. The van der Waals surface area contributed by atoms with Gasteiger partial charge in [-0.3, -0.25) is 0 Å². The summed E-state index contributed by atoms with van der Waals surface area (Å²) in [6.45, 7) is 6.44. The Morgan fingerprint density at radius 2 is 0.585 bits per heavy atom. The molecule has 16 aromatic rings. The third-order valence-corrected chi connectivity index (χ3v) is 22.3. The van der Waals surface area contributed by atoms with Crippen molar-refractivity contribution >= 4 is 97.4 Å². The second kappa shape index (κ2) is 25.4. The average molecular weight is 1350 g/mol. The smallest absolute Gasteiger partial charge is 0.256 e. The van der Waals surface area contributed by atoms with Crippen LogP contribution in [0.15, 0.2) is 376 Å². The zero-order valence-electron chi connectivity index (χ0n) is 59.2. The Labute approximate surface area is 621 Å². The highest BCUT2D eigenvalue weighted by Gasteiger charge is 2.52. The molecular weight excluding hydrogens is 1280 g/mol. The van der Waals surface area contributed by atoms with Gasteiger partial charge in [0.15, 0.2) is 0 Å². The molecule has 0 amide bonds. The van der Waals surface area contributed by atoms with Gasteiger partial charge in [0.1, 0.15) is 11.5 Å². The number of para-hydroxylation sites is 3. The quantitative estimate of drug-likeness (QED) is 0.120. The van der Waals surface area contributed by atoms with Gasteiger partial charge in [-0.25, -0.2) is 0 Å². The number of nitrogens with zero attached hydrogens (tertiary/aromatic N) is 3. The van der Waals surface area contributed by atoms with E-state index in [0.29, 0.717) is 0 Å². The van der Waals surface area contributed by atoms with Crippen molar-refractivity contribution in [1.29, 1.82) is 0 Å². The van der Waals surface area contributed by atoms with Gasteiger partial charge in [0.2, 0.25) is 0 Å². The standard InChI is InChI=1S/C100H71B2N3O/c1-100(2,3)77-63-89-94-90(64-77)105(98-81(72-44-24-10-25-45-72)51-31-52-82(98)73-46-26-11-27-47-73)88-61-75(67-34-14-5-15-35-67)54-57-83(88)102(94)96-91(103(89)86-53-29-28-48-78(86)69-38-18-7-19-39-69)65-92-95-99(96)106-93-62-76(68-36-16-6-17-37-68)55-58-84(93)101(95)85-60-74(66-32-12-4-13-33-66)56-59-87(85)104(92)97-79(70-40-20-8-21-41-70)49-30-50-80(97)71-42-22-9-23-43-71/h4-65H,1-3H3. The number of hydrogen-bond donors (Lipinski definition) is 0. The van der Waals surface area contributed by atoms with E-state index in [-0.39, 0.29) is 12.1 Å². The number of anilines is 9. The van der Waals surface area contributed by atoms with Crippen molar-refractivity contribution in [1.82, 2.24) is 0 Å². The van der Waals surface area contributed by atoms with E-state index in [4.69, 9.17) is 4.74 Å². The highest BCUT2D eigenvalue weighted by Crippen LogP contribution is 2.56. The molecule has 0 fully saturated rings. The van der Waals surface area contributed by atoms with Gasteiger partial charge in [0.05, 0.1) is 17.1 Å². The number of ether oxygens (including phenoxy) is 1. The maximum atomic E-state index is 8.42. The molecule has 106 heavy (non-hydrogen) atoms. The molecule has 0 radical (unpaired) electrons. The first-order valence-electron chi connectivity index (χ1n) is 36.9. The lowest BCUT2D eigenvalue weighted by Crippen LogP contribution is -2.65. The maximum absolute atomic E-state index is 8.42. The first-order chi connectivity index (χ1) is 52.3.